The van der Waals surface area contributed by atoms with E-state index in [-0.39, 0.29) is 17.3 Å². The molecule has 0 spiro atoms. The fourth-order valence-corrected chi connectivity index (χ4v) is 5.44. The number of thiophene rings is 1. The van der Waals surface area contributed by atoms with Crippen LogP contribution in [0.2, 0.25) is 0 Å². The summed E-state index contributed by atoms with van der Waals surface area (Å²) in [5, 5.41) is 23.8. The summed E-state index contributed by atoms with van der Waals surface area (Å²) in [4.78, 5) is 16.8. The van der Waals surface area contributed by atoms with Crippen molar-refractivity contribution in [3.63, 3.8) is 0 Å². The van der Waals surface area contributed by atoms with Crippen LogP contribution in [-0.2, 0) is 0 Å². The minimum Gasteiger partial charge on any atom is -0.508 e. The van der Waals surface area contributed by atoms with E-state index in [1.54, 1.807) is 54.6 Å². The lowest BCUT2D eigenvalue weighted by Crippen LogP contribution is -2.44. The molecule has 0 amide bonds. The van der Waals surface area contributed by atoms with Crippen LogP contribution in [0, 0.1) is 0 Å². The van der Waals surface area contributed by atoms with Crippen LogP contribution in [0.15, 0.2) is 66.7 Å². The summed E-state index contributed by atoms with van der Waals surface area (Å²) in [5.41, 5.74) is 2.01. The van der Waals surface area contributed by atoms with Gasteiger partial charge in [0, 0.05) is 58.8 Å². The second kappa shape index (κ2) is 9.85. The van der Waals surface area contributed by atoms with E-state index in [4.69, 9.17) is 4.74 Å². The number of rotatable bonds is 7. The molecule has 0 saturated carbocycles. The first-order valence-electron chi connectivity index (χ1n) is 11.3. The molecule has 4 aromatic rings. The molecule has 3 N–H and O–H groups in total. The van der Waals surface area contributed by atoms with Crippen molar-refractivity contribution in [1.29, 1.82) is 0 Å². The maximum atomic E-state index is 13.6. The van der Waals surface area contributed by atoms with E-state index in [1.165, 1.54) is 11.3 Å². The Balaban J connectivity index is 1.39. The van der Waals surface area contributed by atoms with Crippen molar-refractivity contribution < 1.29 is 19.7 Å². The zero-order valence-electron chi connectivity index (χ0n) is 18.7. The lowest BCUT2D eigenvalue weighted by molar-refractivity contribution is 0.104. The van der Waals surface area contributed by atoms with E-state index in [1.807, 2.05) is 12.1 Å². The van der Waals surface area contributed by atoms with Crippen molar-refractivity contribution in [1.82, 2.24) is 10.2 Å². The predicted molar refractivity (Wildman–Crippen MR) is 135 cm³/mol. The van der Waals surface area contributed by atoms with Crippen LogP contribution in [0.25, 0.3) is 20.5 Å². The second-order valence-electron chi connectivity index (χ2n) is 8.33. The maximum Gasteiger partial charge on any atom is 0.195 e. The van der Waals surface area contributed by atoms with Crippen molar-refractivity contribution in [2.45, 2.75) is 0 Å². The Morgan fingerprint density at radius 1 is 0.941 bits per heavy atom. The molecule has 1 fully saturated rings. The summed E-state index contributed by atoms with van der Waals surface area (Å²) in [7, 11) is 0. The highest BCUT2D eigenvalue weighted by molar-refractivity contribution is 7.22. The van der Waals surface area contributed by atoms with Crippen LogP contribution in [-0.4, -0.2) is 60.2 Å². The Bertz CT molecular complexity index is 1290. The summed E-state index contributed by atoms with van der Waals surface area (Å²) in [6, 6.07) is 19.1. The van der Waals surface area contributed by atoms with E-state index in [0.29, 0.717) is 17.7 Å². The average Bonchev–Trinajstić information content (AvgIpc) is 3.23. The number of benzene rings is 3. The molecular weight excluding hydrogens is 448 g/mol. The molecule has 0 atom stereocenters. The van der Waals surface area contributed by atoms with Crippen LogP contribution in [0.3, 0.4) is 0 Å². The molecule has 0 bridgehead atoms. The molecule has 7 heteroatoms. The molecular formula is C27H26N2O4S. The number of ether oxygens (including phenoxy) is 1. The SMILES string of the molecule is O=C(c1ccc(OCCN2CCNCC2)cc1)c1c(-c2ccc(O)cc2)sc2cc(O)ccc12. The first kappa shape index (κ1) is 22.4. The maximum absolute atomic E-state index is 13.6. The summed E-state index contributed by atoms with van der Waals surface area (Å²) in [6.45, 7) is 5.59. The zero-order valence-corrected chi connectivity index (χ0v) is 19.5. The van der Waals surface area contributed by atoms with Crippen molar-refractivity contribution in [3.8, 4) is 27.7 Å². The van der Waals surface area contributed by atoms with Gasteiger partial charge in [0.05, 0.1) is 0 Å². The standard InChI is InChI=1S/C27H26N2O4S/c30-20-5-1-19(2-6-20)27-25(23-10-7-21(31)17-24(23)34-27)26(32)18-3-8-22(9-4-18)33-16-15-29-13-11-28-12-14-29/h1-10,17,28,30-31H,11-16H2. The van der Waals surface area contributed by atoms with Gasteiger partial charge in [-0.05, 0) is 72.3 Å². The highest BCUT2D eigenvalue weighted by Crippen LogP contribution is 2.41. The lowest BCUT2D eigenvalue weighted by Gasteiger charge is -2.26. The van der Waals surface area contributed by atoms with Gasteiger partial charge >= 0.3 is 0 Å². The third kappa shape index (κ3) is 4.77. The summed E-state index contributed by atoms with van der Waals surface area (Å²) < 4.78 is 6.73. The number of carbonyl (C=O) groups excluding carboxylic acids is 1. The molecule has 0 unspecified atom stereocenters. The Morgan fingerprint density at radius 3 is 2.38 bits per heavy atom. The molecule has 3 aromatic carbocycles. The van der Waals surface area contributed by atoms with Crippen molar-refractivity contribution in [2.24, 2.45) is 0 Å². The molecule has 1 aliphatic heterocycles. The van der Waals surface area contributed by atoms with Crippen LogP contribution < -0.4 is 10.1 Å². The highest BCUT2D eigenvalue weighted by Gasteiger charge is 2.22. The van der Waals surface area contributed by atoms with E-state index in [2.05, 4.69) is 10.2 Å². The number of nitrogens with zero attached hydrogens (tertiary/aromatic N) is 1. The number of fused-ring (bicyclic) bond motifs is 1. The molecule has 174 valence electrons. The molecule has 6 nitrogen and oxygen atoms in total. The lowest BCUT2D eigenvalue weighted by atomic mass is 9.97. The fourth-order valence-electron chi connectivity index (χ4n) is 4.20. The van der Waals surface area contributed by atoms with Gasteiger partial charge in [0.25, 0.3) is 0 Å². The van der Waals surface area contributed by atoms with Crippen molar-refractivity contribution >= 4 is 27.2 Å². The van der Waals surface area contributed by atoms with Gasteiger partial charge in [0.1, 0.15) is 23.9 Å². The summed E-state index contributed by atoms with van der Waals surface area (Å²) in [5.74, 6) is 0.980. The van der Waals surface area contributed by atoms with Crippen molar-refractivity contribution in [3.05, 3.63) is 77.9 Å². The molecule has 1 aromatic heterocycles. The number of aromatic hydroxyl groups is 2. The predicted octanol–water partition coefficient (Wildman–Crippen LogP) is 4.49. The van der Waals surface area contributed by atoms with Gasteiger partial charge in [0.15, 0.2) is 5.78 Å². The number of hydrogen-bond donors (Lipinski definition) is 3. The Labute approximate surface area is 202 Å². The first-order chi connectivity index (χ1) is 16.6. The molecule has 1 saturated heterocycles. The molecule has 34 heavy (non-hydrogen) atoms. The van der Waals surface area contributed by atoms with Gasteiger partial charge in [-0.15, -0.1) is 11.3 Å². The summed E-state index contributed by atoms with van der Waals surface area (Å²) >= 11 is 1.45. The largest absolute Gasteiger partial charge is 0.508 e. The molecule has 0 aliphatic carbocycles. The topological polar surface area (TPSA) is 82.0 Å². The normalized spacial score (nSPS) is 14.4. The third-order valence-electron chi connectivity index (χ3n) is 6.03. The molecule has 5 rings (SSSR count). The molecule has 0 radical (unpaired) electrons. The smallest absolute Gasteiger partial charge is 0.195 e. The number of nitrogens with one attached hydrogen (secondary N) is 1. The minimum absolute atomic E-state index is 0.0904. The van der Waals surface area contributed by atoms with E-state index in [9.17, 15) is 15.0 Å². The van der Waals surface area contributed by atoms with Crippen LogP contribution >= 0.6 is 11.3 Å². The Kier molecular flexibility index (Phi) is 6.49. The highest BCUT2D eigenvalue weighted by atomic mass is 32.1. The summed E-state index contributed by atoms with van der Waals surface area (Å²) in [6.07, 6.45) is 0. The van der Waals surface area contributed by atoms with Gasteiger partial charge in [-0.1, -0.05) is 0 Å². The van der Waals surface area contributed by atoms with Crippen LogP contribution in [0.4, 0.5) is 0 Å². The fraction of sp³-hybridized carbons (Fsp3) is 0.222. The van der Waals surface area contributed by atoms with E-state index < -0.39 is 0 Å². The Hall–Kier alpha value is -3.39. The number of hydrogen-bond acceptors (Lipinski definition) is 7. The van der Waals surface area contributed by atoms with Crippen LogP contribution in [0.5, 0.6) is 17.2 Å². The number of phenols is 2. The zero-order chi connectivity index (χ0) is 23.5. The minimum atomic E-state index is -0.0904. The first-order valence-corrected chi connectivity index (χ1v) is 12.2. The second-order valence-corrected chi connectivity index (χ2v) is 9.38. The Morgan fingerprint density at radius 2 is 1.65 bits per heavy atom. The monoisotopic (exact) mass is 474 g/mol. The van der Waals surface area contributed by atoms with E-state index >= 15 is 0 Å². The molecule has 2 heterocycles. The number of ketones is 1. The van der Waals surface area contributed by atoms with E-state index in [0.717, 1.165) is 59.0 Å². The number of phenolic OH excluding ortho intramolecular Hbond substituents is 2. The van der Waals surface area contributed by atoms with Gasteiger partial charge in [-0.2, -0.15) is 0 Å². The number of carbonyl (C=O) groups is 1. The van der Waals surface area contributed by atoms with Gasteiger partial charge in [-0.25, -0.2) is 0 Å². The molecule has 1 aliphatic rings. The quantitative estimate of drug-likeness (QED) is 0.342. The van der Waals surface area contributed by atoms with Crippen LogP contribution in [0.1, 0.15) is 15.9 Å². The average molecular weight is 475 g/mol. The third-order valence-corrected chi connectivity index (χ3v) is 7.23. The number of piperazine rings is 1. The van der Waals surface area contributed by atoms with Crippen molar-refractivity contribution in [2.75, 3.05) is 39.3 Å². The van der Waals surface area contributed by atoms with Gasteiger partial charge < -0.3 is 20.3 Å². The van der Waals surface area contributed by atoms with Gasteiger partial charge in [-0.3, -0.25) is 9.69 Å². The van der Waals surface area contributed by atoms with Gasteiger partial charge in [0.2, 0.25) is 0 Å².